The number of ether oxygens (including phenoxy) is 1. The molecule has 0 spiro atoms. The summed E-state index contributed by atoms with van der Waals surface area (Å²) in [5.74, 6) is 0.852. The van der Waals surface area contributed by atoms with Gasteiger partial charge in [0.2, 0.25) is 0 Å². The van der Waals surface area contributed by atoms with Crippen LogP contribution in [-0.2, 0) is 0 Å². The number of nitrogens with zero attached hydrogens (tertiary/aromatic N) is 1. The fraction of sp³-hybridized carbons (Fsp3) is 0.400. The maximum absolute atomic E-state index is 5.12. The Hall–Kier alpha value is -1.57. The lowest BCUT2D eigenvalue weighted by Gasteiger charge is -2.03. The van der Waals surface area contributed by atoms with Crippen LogP contribution < -0.4 is 4.74 Å². The van der Waals surface area contributed by atoms with Crippen molar-refractivity contribution in [2.24, 2.45) is 0 Å². The van der Waals surface area contributed by atoms with E-state index in [0.717, 1.165) is 11.3 Å². The van der Waals surface area contributed by atoms with Gasteiger partial charge in [-0.3, -0.25) is 4.98 Å². The minimum absolute atomic E-state index is 0.852. The smallest absolute Gasteiger partial charge is 0.121 e. The van der Waals surface area contributed by atoms with E-state index in [1.54, 1.807) is 7.11 Å². The van der Waals surface area contributed by atoms with Crippen LogP contribution in [0.4, 0.5) is 0 Å². The molecule has 0 saturated heterocycles. The number of hydrogen-bond acceptors (Lipinski definition) is 2. The third kappa shape index (κ3) is 4.06. The fourth-order valence-electron chi connectivity index (χ4n) is 1.40. The van der Waals surface area contributed by atoms with Crippen LogP contribution >= 0.6 is 0 Å². The zero-order chi connectivity index (χ0) is 13.3. The first kappa shape index (κ1) is 15.4. The number of rotatable bonds is 1. The Labute approximate surface area is 105 Å². The zero-order valence-electron chi connectivity index (χ0n) is 11.7. The minimum Gasteiger partial charge on any atom is -0.497 e. The highest BCUT2D eigenvalue weighted by atomic mass is 16.5. The fourth-order valence-corrected chi connectivity index (χ4v) is 1.40. The van der Waals surface area contributed by atoms with Gasteiger partial charge in [0.15, 0.2) is 0 Å². The van der Waals surface area contributed by atoms with Crippen molar-refractivity contribution >= 4 is 10.9 Å². The van der Waals surface area contributed by atoms with Crippen molar-refractivity contribution < 1.29 is 4.74 Å². The highest BCUT2D eigenvalue weighted by molar-refractivity contribution is 5.82. The maximum Gasteiger partial charge on any atom is 0.121 e. The highest BCUT2D eigenvalue weighted by Crippen LogP contribution is 2.20. The first-order valence-electron chi connectivity index (χ1n) is 6.20. The van der Waals surface area contributed by atoms with Crippen LogP contribution in [0.15, 0.2) is 30.5 Å². The number of aromatic nitrogens is 1. The SMILES string of the molecule is CC.CC.COc1ccc2c(C)ccnc2c1. The van der Waals surface area contributed by atoms with Crippen molar-refractivity contribution in [1.29, 1.82) is 0 Å². The molecule has 1 aromatic carbocycles. The topological polar surface area (TPSA) is 22.1 Å². The van der Waals surface area contributed by atoms with E-state index in [-0.39, 0.29) is 0 Å². The van der Waals surface area contributed by atoms with Gasteiger partial charge in [-0.2, -0.15) is 0 Å². The standard InChI is InChI=1S/C11H11NO.2C2H6/c1-8-5-6-12-11-7-9(13-2)3-4-10(8)11;2*1-2/h3-7H,1-2H3;2*1-2H3. The van der Waals surface area contributed by atoms with Crippen molar-refractivity contribution in [3.63, 3.8) is 0 Å². The monoisotopic (exact) mass is 233 g/mol. The molecule has 2 heteroatoms. The van der Waals surface area contributed by atoms with Crippen LogP contribution in [0.1, 0.15) is 33.3 Å². The van der Waals surface area contributed by atoms with Crippen molar-refractivity contribution in [2.45, 2.75) is 34.6 Å². The van der Waals surface area contributed by atoms with Gasteiger partial charge < -0.3 is 4.74 Å². The van der Waals surface area contributed by atoms with E-state index in [1.807, 2.05) is 58.2 Å². The van der Waals surface area contributed by atoms with Crippen LogP contribution in [0.5, 0.6) is 5.75 Å². The van der Waals surface area contributed by atoms with E-state index in [2.05, 4.69) is 11.9 Å². The summed E-state index contributed by atoms with van der Waals surface area (Å²) in [6, 6.07) is 7.95. The second kappa shape index (κ2) is 8.57. The Kier molecular flexibility index (Phi) is 7.78. The van der Waals surface area contributed by atoms with Gasteiger partial charge in [0.05, 0.1) is 12.6 Å². The van der Waals surface area contributed by atoms with E-state index in [4.69, 9.17) is 4.74 Å². The van der Waals surface area contributed by atoms with Gasteiger partial charge in [-0.25, -0.2) is 0 Å². The summed E-state index contributed by atoms with van der Waals surface area (Å²) in [4.78, 5) is 4.27. The molecule has 0 radical (unpaired) electrons. The number of hydrogen-bond donors (Lipinski definition) is 0. The molecule has 17 heavy (non-hydrogen) atoms. The van der Waals surface area contributed by atoms with Gasteiger partial charge in [0.1, 0.15) is 5.75 Å². The Morgan fingerprint density at radius 1 is 1.00 bits per heavy atom. The van der Waals surface area contributed by atoms with Crippen LogP contribution in [0.2, 0.25) is 0 Å². The van der Waals surface area contributed by atoms with Crippen LogP contribution in [-0.4, -0.2) is 12.1 Å². The molecule has 2 aromatic rings. The van der Waals surface area contributed by atoms with E-state index in [9.17, 15) is 0 Å². The average molecular weight is 233 g/mol. The Morgan fingerprint density at radius 3 is 2.24 bits per heavy atom. The van der Waals surface area contributed by atoms with E-state index in [0.29, 0.717) is 0 Å². The molecule has 0 atom stereocenters. The van der Waals surface area contributed by atoms with Gasteiger partial charge in [0.25, 0.3) is 0 Å². The first-order chi connectivity index (χ1) is 8.31. The molecular formula is C15H23NO. The van der Waals surface area contributed by atoms with E-state index in [1.165, 1.54) is 10.9 Å². The lowest BCUT2D eigenvalue weighted by atomic mass is 10.1. The van der Waals surface area contributed by atoms with Gasteiger partial charge in [-0.05, 0) is 30.7 Å². The number of fused-ring (bicyclic) bond motifs is 1. The molecule has 0 bridgehead atoms. The molecular weight excluding hydrogens is 210 g/mol. The number of methoxy groups -OCH3 is 1. The minimum atomic E-state index is 0.852. The molecule has 0 amide bonds. The quantitative estimate of drug-likeness (QED) is 0.718. The number of aryl methyl sites for hydroxylation is 1. The lowest BCUT2D eigenvalue weighted by molar-refractivity contribution is 0.415. The molecule has 0 aliphatic rings. The van der Waals surface area contributed by atoms with Crippen LogP contribution in [0.25, 0.3) is 10.9 Å². The van der Waals surface area contributed by atoms with Gasteiger partial charge >= 0.3 is 0 Å². The number of pyridine rings is 1. The van der Waals surface area contributed by atoms with Crippen molar-refractivity contribution in [3.05, 3.63) is 36.0 Å². The zero-order valence-corrected chi connectivity index (χ0v) is 11.7. The highest BCUT2D eigenvalue weighted by Gasteiger charge is 1.98. The summed E-state index contributed by atoms with van der Waals surface area (Å²) < 4.78 is 5.12. The predicted octanol–water partition coefficient (Wildman–Crippen LogP) is 4.60. The van der Waals surface area contributed by atoms with E-state index >= 15 is 0 Å². The normalized spacial score (nSPS) is 8.59. The third-order valence-electron chi connectivity index (χ3n) is 2.17. The Balaban J connectivity index is 0.000000581. The first-order valence-corrected chi connectivity index (χ1v) is 6.20. The van der Waals surface area contributed by atoms with Gasteiger partial charge in [-0.1, -0.05) is 27.7 Å². The summed E-state index contributed by atoms with van der Waals surface area (Å²) in [7, 11) is 1.66. The molecule has 0 saturated carbocycles. The molecule has 2 nitrogen and oxygen atoms in total. The molecule has 0 unspecified atom stereocenters. The van der Waals surface area contributed by atoms with Crippen molar-refractivity contribution in [2.75, 3.05) is 7.11 Å². The molecule has 0 aliphatic carbocycles. The Morgan fingerprint density at radius 2 is 1.65 bits per heavy atom. The summed E-state index contributed by atoms with van der Waals surface area (Å²) in [6.07, 6.45) is 1.82. The molecule has 0 fully saturated rings. The Bertz CT molecular complexity index is 438. The van der Waals surface area contributed by atoms with Crippen LogP contribution in [0, 0.1) is 6.92 Å². The summed E-state index contributed by atoms with van der Waals surface area (Å²) in [5.41, 5.74) is 2.23. The summed E-state index contributed by atoms with van der Waals surface area (Å²) >= 11 is 0. The molecule has 1 aromatic heterocycles. The molecule has 1 heterocycles. The predicted molar refractivity (Wildman–Crippen MR) is 75.7 cm³/mol. The van der Waals surface area contributed by atoms with Gasteiger partial charge in [0, 0.05) is 17.6 Å². The molecule has 2 rings (SSSR count). The van der Waals surface area contributed by atoms with Crippen molar-refractivity contribution in [3.8, 4) is 5.75 Å². The maximum atomic E-state index is 5.12. The summed E-state index contributed by atoms with van der Waals surface area (Å²) in [5, 5.41) is 1.18. The lowest BCUT2D eigenvalue weighted by Crippen LogP contribution is -1.85. The molecule has 94 valence electrons. The second-order valence-corrected chi connectivity index (χ2v) is 3.01. The largest absolute Gasteiger partial charge is 0.497 e. The average Bonchev–Trinajstić information content (AvgIpc) is 2.43. The molecule has 0 aliphatic heterocycles. The van der Waals surface area contributed by atoms with Crippen LogP contribution in [0.3, 0.4) is 0 Å². The second-order valence-electron chi connectivity index (χ2n) is 3.01. The number of benzene rings is 1. The third-order valence-corrected chi connectivity index (χ3v) is 2.17. The summed E-state index contributed by atoms with van der Waals surface area (Å²) in [6.45, 7) is 10.1. The van der Waals surface area contributed by atoms with Gasteiger partial charge in [-0.15, -0.1) is 0 Å². The van der Waals surface area contributed by atoms with Crippen molar-refractivity contribution in [1.82, 2.24) is 4.98 Å². The van der Waals surface area contributed by atoms with E-state index < -0.39 is 0 Å². The molecule has 0 N–H and O–H groups in total.